The predicted octanol–water partition coefficient (Wildman–Crippen LogP) is 4.36. The van der Waals surface area contributed by atoms with Crippen molar-refractivity contribution in [1.29, 1.82) is 0 Å². The summed E-state index contributed by atoms with van der Waals surface area (Å²) < 4.78 is 5.18. The van der Waals surface area contributed by atoms with Crippen LogP contribution in [-0.2, 0) is 0 Å². The van der Waals surface area contributed by atoms with E-state index in [1.54, 1.807) is 13.2 Å². The van der Waals surface area contributed by atoms with Gasteiger partial charge in [0.15, 0.2) is 0 Å². The van der Waals surface area contributed by atoms with E-state index >= 15 is 0 Å². The number of nitrogens with zero attached hydrogens (tertiary/aromatic N) is 1. The van der Waals surface area contributed by atoms with Gasteiger partial charge in [0.25, 0.3) is 0 Å². The fourth-order valence-corrected chi connectivity index (χ4v) is 3.46. The van der Waals surface area contributed by atoms with Crippen LogP contribution in [0.4, 0.5) is 0 Å². The van der Waals surface area contributed by atoms with Gasteiger partial charge in [0, 0.05) is 30.3 Å². The molecule has 0 aliphatic heterocycles. The Kier molecular flexibility index (Phi) is 5.51. The molecule has 1 aliphatic rings. The number of hydrogen-bond donors (Lipinski definition) is 1. The molecule has 1 aromatic rings. The number of hydrogen-bond acceptors (Lipinski definition) is 3. The van der Waals surface area contributed by atoms with Crippen LogP contribution in [0, 0.1) is 5.92 Å². The van der Waals surface area contributed by atoms with Crippen LogP contribution in [-0.4, -0.2) is 29.7 Å². The van der Waals surface area contributed by atoms with Crippen LogP contribution in [0.25, 0.3) is 0 Å². The minimum Gasteiger partial charge on any atom is -0.507 e. The molecule has 3 heteroatoms. The molecule has 3 nitrogen and oxygen atoms in total. The van der Waals surface area contributed by atoms with E-state index in [2.05, 4.69) is 25.7 Å². The first kappa shape index (κ1) is 16.2. The first-order valence-corrected chi connectivity index (χ1v) is 8.15. The third-order valence-electron chi connectivity index (χ3n) is 4.55. The molecule has 0 spiro atoms. The quantitative estimate of drug-likeness (QED) is 0.845. The highest BCUT2D eigenvalue weighted by molar-refractivity contribution is 5.41. The number of phenolic OH excluding ortho intramolecular Hbond substituents is 1. The van der Waals surface area contributed by atoms with Crippen molar-refractivity contribution in [3.05, 3.63) is 23.8 Å². The number of methoxy groups -OCH3 is 1. The van der Waals surface area contributed by atoms with Crippen LogP contribution in [0.2, 0.25) is 0 Å². The predicted molar refractivity (Wildman–Crippen MR) is 86.9 cm³/mol. The molecule has 1 fully saturated rings. The van der Waals surface area contributed by atoms with Gasteiger partial charge in [-0.25, -0.2) is 0 Å². The van der Waals surface area contributed by atoms with Crippen LogP contribution >= 0.6 is 0 Å². The molecule has 0 radical (unpaired) electrons. The summed E-state index contributed by atoms with van der Waals surface area (Å²) in [6.07, 6.45) is 5.24. The Hall–Kier alpha value is -1.22. The van der Waals surface area contributed by atoms with Gasteiger partial charge in [-0.3, -0.25) is 4.90 Å². The largest absolute Gasteiger partial charge is 0.507 e. The summed E-state index contributed by atoms with van der Waals surface area (Å²) in [5.74, 6) is 1.68. The fourth-order valence-electron chi connectivity index (χ4n) is 3.46. The fraction of sp³-hybridized carbons (Fsp3) is 0.667. The van der Waals surface area contributed by atoms with Gasteiger partial charge >= 0.3 is 0 Å². The first-order valence-electron chi connectivity index (χ1n) is 8.15. The molecule has 1 N–H and O–H groups in total. The molecule has 0 aromatic heterocycles. The summed E-state index contributed by atoms with van der Waals surface area (Å²) in [4.78, 5) is 2.58. The molecule has 0 heterocycles. The number of aromatic hydroxyl groups is 1. The minimum atomic E-state index is 0.237. The molecule has 0 bridgehead atoms. The molecule has 1 aliphatic carbocycles. The average Bonchev–Trinajstić information content (AvgIpc) is 2.97. The molecule has 2 rings (SSSR count). The first-order chi connectivity index (χ1) is 10.0. The Bertz CT molecular complexity index is 453. The van der Waals surface area contributed by atoms with Gasteiger partial charge in [-0.2, -0.15) is 0 Å². The van der Waals surface area contributed by atoms with Gasteiger partial charge in [0.05, 0.1) is 7.11 Å². The van der Waals surface area contributed by atoms with E-state index in [1.807, 2.05) is 12.1 Å². The van der Waals surface area contributed by atoms with Gasteiger partial charge in [-0.15, -0.1) is 0 Å². The summed E-state index contributed by atoms with van der Waals surface area (Å²) in [7, 11) is 1.63. The third-order valence-corrected chi connectivity index (χ3v) is 4.55. The van der Waals surface area contributed by atoms with E-state index in [-0.39, 0.29) is 6.04 Å². The van der Waals surface area contributed by atoms with Crippen molar-refractivity contribution in [2.45, 2.75) is 58.5 Å². The lowest BCUT2D eigenvalue weighted by Crippen LogP contribution is -2.38. The second-order valence-electron chi connectivity index (χ2n) is 6.63. The second kappa shape index (κ2) is 7.17. The van der Waals surface area contributed by atoms with Gasteiger partial charge in [0.1, 0.15) is 11.5 Å². The minimum absolute atomic E-state index is 0.237. The van der Waals surface area contributed by atoms with Crippen LogP contribution in [0.5, 0.6) is 11.5 Å². The summed E-state index contributed by atoms with van der Waals surface area (Å²) in [6, 6.07) is 6.55. The van der Waals surface area contributed by atoms with Crippen LogP contribution in [0.3, 0.4) is 0 Å². The van der Waals surface area contributed by atoms with Crippen molar-refractivity contribution < 1.29 is 9.84 Å². The van der Waals surface area contributed by atoms with E-state index in [9.17, 15) is 5.11 Å². The van der Waals surface area contributed by atoms with E-state index in [1.165, 1.54) is 25.7 Å². The van der Waals surface area contributed by atoms with Crippen molar-refractivity contribution >= 4 is 0 Å². The highest BCUT2D eigenvalue weighted by Gasteiger charge is 2.28. The van der Waals surface area contributed by atoms with Crippen LogP contribution in [0.15, 0.2) is 18.2 Å². The maximum atomic E-state index is 10.3. The summed E-state index contributed by atoms with van der Waals surface area (Å²) in [5.41, 5.74) is 1.00. The SMILES string of the molecule is COc1ccc(C(C)N(CC(C)C)C2CCCC2)c(O)c1. The second-order valence-corrected chi connectivity index (χ2v) is 6.63. The number of rotatable bonds is 6. The molecule has 0 saturated heterocycles. The third kappa shape index (κ3) is 3.91. The molecule has 1 aromatic carbocycles. The van der Waals surface area contributed by atoms with Crippen LogP contribution in [0.1, 0.15) is 58.1 Å². The van der Waals surface area contributed by atoms with Crippen molar-refractivity contribution in [3.63, 3.8) is 0 Å². The molecular weight excluding hydrogens is 262 g/mol. The molecular formula is C18H29NO2. The monoisotopic (exact) mass is 291 g/mol. The maximum absolute atomic E-state index is 10.3. The maximum Gasteiger partial charge on any atom is 0.124 e. The van der Waals surface area contributed by atoms with Gasteiger partial charge in [0.2, 0.25) is 0 Å². The molecule has 1 unspecified atom stereocenters. The number of phenols is 1. The highest BCUT2D eigenvalue weighted by atomic mass is 16.5. The zero-order chi connectivity index (χ0) is 15.4. The van der Waals surface area contributed by atoms with Crippen LogP contribution < -0.4 is 4.74 Å². The number of ether oxygens (including phenoxy) is 1. The lowest BCUT2D eigenvalue weighted by molar-refractivity contribution is 0.126. The van der Waals surface area contributed by atoms with Crippen molar-refractivity contribution in [3.8, 4) is 11.5 Å². The molecule has 21 heavy (non-hydrogen) atoms. The standard InChI is InChI=1S/C18H29NO2/c1-13(2)12-19(15-7-5-6-8-15)14(3)17-10-9-16(21-4)11-18(17)20/h9-11,13-15,20H,5-8,12H2,1-4H3. The van der Waals surface area contributed by atoms with Gasteiger partial charge < -0.3 is 9.84 Å². The average molecular weight is 291 g/mol. The Morgan fingerprint density at radius 2 is 1.90 bits per heavy atom. The highest BCUT2D eigenvalue weighted by Crippen LogP contribution is 2.36. The summed E-state index contributed by atoms with van der Waals surface area (Å²) in [5, 5.41) is 10.3. The number of benzene rings is 1. The van der Waals surface area contributed by atoms with Gasteiger partial charge in [-0.05, 0) is 31.7 Å². The van der Waals surface area contributed by atoms with Gasteiger partial charge in [-0.1, -0.05) is 32.8 Å². The van der Waals surface area contributed by atoms with E-state index in [4.69, 9.17) is 4.74 Å². The van der Waals surface area contributed by atoms with Crippen molar-refractivity contribution in [2.24, 2.45) is 5.92 Å². The smallest absolute Gasteiger partial charge is 0.124 e. The summed E-state index contributed by atoms with van der Waals surface area (Å²) >= 11 is 0. The molecule has 1 atom stereocenters. The van der Waals surface area contributed by atoms with E-state index < -0.39 is 0 Å². The molecule has 1 saturated carbocycles. The van der Waals surface area contributed by atoms with Crippen molar-refractivity contribution in [1.82, 2.24) is 4.90 Å². The lowest BCUT2D eigenvalue weighted by atomic mass is 10.0. The zero-order valence-electron chi connectivity index (χ0n) is 13.8. The molecule has 118 valence electrons. The van der Waals surface area contributed by atoms with E-state index in [0.717, 1.165) is 12.1 Å². The topological polar surface area (TPSA) is 32.7 Å². The Labute approximate surface area is 128 Å². The molecule has 0 amide bonds. The summed E-state index contributed by atoms with van der Waals surface area (Å²) in [6.45, 7) is 7.82. The Morgan fingerprint density at radius 3 is 2.43 bits per heavy atom. The van der Waals surface area contributed by atoms with E-state index in [0.29, 0.717) is 23.5 Å². The zero-order valence-corrected chi connectivity index (χ0v) is 13.8. The van der Waals surface area contributed by atoms with Crippen molar-refractivity contribution in [2.75, 3.05) is 13.7 Å². The Morgan fingerprint density at radius 1 is 1.24 bits per heavy atom. The Balaban J connectivity index is 2.22. The lowest BCUT2D eigenvalue weighted by Gasteiger charge is -2.36. The normalized spacial score (nSPS) is 17.6.